The molecule has 1 saturated carbocycles. The van der Waals surface area contributed by atoms with Crippen LogP contribution in [-0.4, -0.2) is 4.98 Å². The molecule has 0 aliphatic heterocycles. The number of alkyl halides is 3. The Morgan fingerprint density at radius 3 is 2.43 bits per heavy atom. The van der Waals surface area contributed by atoms with E-state index in [0.29, 0.717) is 11.9 Å². The average molecular weight is 205 g/mol. The van der Waals surface area contributed by atoms with Gasteiger partial charge < -0.3 is 0 Å². The molecule has 5 heteroatoms. The summed E-state index contributed by atoms with van der Waals surface area (Å²) < 4.78 is 49.5. The molecule has 0 amide bonds. The number of rotatable bonds is 1. The molecule has 1 aromatic rings. The second-order valence-electron chi connectivity index (χ2n) is 3.36. The van der Waals surface area contributed by atoms with Crippen molar-refractivity contribution >= 4 is 0 Å². The minimum Gasteiger partial charge on any atom is -0.258 e. The Hall–Kier alpha value is -1.13. The standard InChI is InChI=1S/C9H7F4N/c10-7-4-14-8(5-1-2-5)3-6(7)9(11,12)13/h3-5H,1-2H2. The average Bonchev–Trinajstić information content (AvgIpc) is 2.85. The maximum atomic E-state index is 12.8. The van der Waals surface area contributed by atoms with Crippen LogP contribution in [-0.2, 0) is 6.18 Å². The van der Waals surface area contributed by atoms with Crippen molar-refractivity contribution in [1.29, 1.82) is 0 Å². The van der Waals surface area contributed by atoms with Gasteiger partial charge >= 0.3 is 6.18 Å². The lowest BCUT2D eigenvalue weighted by Crippen LogP contribution is -2.09. The molecule has 1 aromatic heterocycles. The predicted molar refractivity (Wildman–Crippen MR) is 41.2 cm³/mol. The smallest absolute Gasteiger partial charge is 0.258 e. The molecule has 1 fully saturated rings. The van der Waals surface area contributed by atoms with Crippen molar-refractivity contribution in [3.8, 4) is 0 Å². The van der Waals surface area contributed by atoms with Crippen LogP contribution in [0.4, 0.5) is 17.6 Å². The van der Waals surface area contributed by atoms with E-state index in [0.717, 1.165) is 18.9 Å². The monoisotopic (exact) mass is 205 g/mol. The van der Waals surface area contributed by atoms with Gasteiger partial charge in [-0.2, -0.15) is 13.2 Å². The predicted octanol–water partition coefficient (Wildman–Crippen LogP) is 3.12. The SMILES string of the molecule is Fc1cnc(C2CC2)cc1C(F)(F)F. The molecule has 2 rings (SSSR count). The Kier molecular flexibility index (Phi) is 1.97. The summed E-state index contributed by atoms with van der Waals surface area (Å²) in [7, 11) is 0. The van der Waals surface area contributed by atoms with E-state index in [-0.39, 0.29) is 5.92 Å². The largest absolute Gasteiger partial charge is 0.419 e. The first-order chi connectivity index (χ1) is 6.48. The lowest BCUT2D eigenvalue weighted by molar-refractivity contribution is -0.140. The normalized spacial score (nSPS) is 17.1. The van der Waals surface area contributed by atoms with Crippen LogP contribution in [0.3, 0.4) is 0 Å². The van der Waals surface area contributed by atoms with E-state index in [2.05, 4.69) is 4.98 Å². The summed E-state index contributed by atoms with van der Waals surface area (Å²) in [6, 6.07) is 0.812. The number of halogens is 4. The van der Waals surface area contributed by atoms with Gasteiger partial charge in [-0.15, -0.1) is 0 Å². The molecule has 14 heavy (non-hydrogen) atoms. The molecule has 0 saturated heterocycles. The molecule has 0 spiro atoms. The van der Waals surface area contributed by atoms with Gasteiger partial charge in [-0.05, 0) is 18.9 Å². The van der Waals surface area contributed by atoms with Crippen molar-refractivity contribution < 1.29 is 17.6 Å². The first-order valence-corrected chi connectivity index (χ1v) is 4.21. The Balaban J connectivity index is 2.41. The Bertz CT molecular complexity index is 354. The van der Waals surface area contributed by atoms with Gasteiger partial charge in [0.1, 0.15) is 0 Å². The fourth-order valence-corrected chi connectivity index (χ4v) is 1.27. The highest BCUT2D eigenvalue weighted by Gasteiger charge is 2.36. The molecule has 1 heterocycles. The van der Waals surface area contributed by atoms with Gasteiger partial charge in [-0.1, -0.05) is 0 Å². The number of hydrogen-bond donors (Lipinski definition) is 0. The molecule has 0 aromatic carbocycles. The van der Waals surface area contributed by atoms with Crippen LogP contribution in [0.2, 0.25) is 0 Å². The van der Waals surface area contributed by atoms with Gasteiger partial charge in [0, 0.05) is 11.6 Å². The Morgan fingerprint density at radius 1 is 1.29 bits per heavy atom. The molecular weight excluding hydrogens is 198 g/mol. The fourth-order valence-electron chi connectivity index (χ4n) is 1.27. The van der Waals surface area contributed by atoms with Gasteiger partial charge in [-0.3, -0.25) is 4.98 Å². The highest BCUT2D eigenvalue weighted by molar-refractivity contribution is 5.25. The maximum absolute atomic E-state index is 12.8. The number of hydrogen-bond acceptors (Lipinski definition) is 1. The van der Waals surface area contributed by atoms with Gasteiger partial charge in [-0.25, -0.2) is 4.39 Å². The summed E-state index contributed by atoms with van der Waals surface area (Å²) in [6.07, 6.45) is -2.29. The summed E-state index contributed by atoms with van der Waals surface area (Å²) in [4.78, 5) is 3.64. The topological polar surface area (TPSA) is 12.9 Å². The van der Waals surface area contributed by atoms with Crippen LogP contribution < -0.4 is 0 Å². The summed E-state index contributed by atoms with van der Waals surface area (Å²) in [5, 5.41) is 0. The molecule has 0 N–H and O–H groups in total. The lowest BCUT2D eigenvalue weighted by Gasteiger charge is -2.08. The zero-order chi connectivity index (χ0) is 10.3. The molecule has 1 nitrogen and oxygen atoms in total. The lowest BCUT2D eigenvalue weighted by atomic mass is 10.1. The molecule has 0 radical (unpaired) electrons. The zero-order valence-electron chi connectivity index (χ0n) is 7.11. The maximum Gasteiger partial charge on any atom is 0.419 e. The van der Waals surface area contributed by atoms with Crippen LogP contribution in [0.15, 0.2) is 12.3 Å². The van der Waals surface area contributed by atoms with Gasteiger partial charge in [0.05, 0.1) is 11.8 Å². The summed E-state index contributed by atoms with van der Waals surface area (Å²) in [5.41, 5.74) is -0.867. The van der Waals surface area contributed by atoms with Crippen LogP contribution in [0.5, 0.6) is 0 Å². The van der Waals surface area contributed by atoms with Crippen molar-refractivity contribution in [1.82, 2.24) is 4.98 Å². The highest BCUT2D eigenvalue weighted by Crippen LogP contribution is 2.41. The summed E-state index contributed by atoms with van der Waals surface area (Å²) in [6.45, 7) is 0. The van der Waals surface area contributed by atoms with Gasteiger partial charge in [0.15, 0.2) is 5.82 Å². The molecule has 76 valence electrons. The Morgan fingerprint density at radius 2 is 1.93 bits per heavy atom. The van der Waals surface area contributed by atoms with E-state index in [1.165, 1.54) is 0 Å². The fraction of sp³-hybridized carbons (Fsp3) is 0.444. The summed E-state index contributed by atoms with van der Waals surface area (Å²) in [5.74, 6) is -1.21. The van der Waals surface area contributed by atoms with Gasteiger partial charge in [0.2, 0.25) is 0 Å². The Labute approximate surface area is 77.8 Å². The molecule has 0 atom stereocenters. The third-order valence-electron chi connectivity index (χ3n) is 2.18. The second-order valence-corrected chi connectivity index (χ2v) is 3.36. The number of nitrogens with zero attached hydrogens (tertiary/aromatic N) is 1. The quantitative estimate of drug-likeness (QED) is 0.642. The number of aromatic nitrogens is 1. The van der Waals surface area contributed by atoms with E-state index in [9.17, 15) is 17.6 Å². The molecule has 1 aliphatic rings. The van der Waals surface area contributed by atoms with E-state index in [1.54, 1.807) is 0 Å². The van der Waals surface area contributed by atoms with E-state index in [1.807, 2.05) is 0 Å². The van der Waals surface area contributed by atoms with Crippen LogP contribution in [0.25, 0.3) is 0 Å². The molecule has 0 unspecified atom stereocenters. The molecule has 1 aliphatic carbocycles. The van der Waals surface area contributed by atoms with Crippen LogP contribution in [0.1, 0.15) is 30.0 Å². The second kappa shape index (κ2) is 2.93. The minimum absolute atomic E-state index is 0.0942. The molecule has 0 bridgehead atoms. The van der Waals surface area contributed by atoms with E-state index in [4.69, 9.17) is 0 Å². The third kappa shape index (κ3) is 1.71. The van der Waals surface area contributed by atoms with Gasteiger partial charge in [0.25, 0.3) is 0 Å². The van der Waals surface area contributed by atoms with Crippen molar-refractivity contribution in [3.05, 3.63) is 29.3 Å². The first kappa shape index (κ1) is 9.43. The van der Waals surface area contributed by atoms with Crippen molar-refractivity contribution in [2.24, 2.45) is 0 Å². The highest BCUT2D eigenvalue weighted by atomic mass is 19.4. The van der Waals surface area contributed by atoms with E-state index < -0.39 is 17.6 Å². The first-order valence-electron chi connectivity index (χ1n) is 4.21. The van der Waals surface area contributed by atoms with Crippen molar-refractivity contribution in [3.63, 3.8) is 0 Å². The van der Waals surface area contributed by atoms with E-state index >= 15 is 0 Å². The van der Waals surface area contributed by atoms with Crippen molar-refractivity contribution in [2.75, 3.05) is 0 Å². The minimum atomic E-state index is -4.63. The summed E-state index contributed by atoms with van der Waals surface area (Å²) >= 11 is 0. The number of pyridine rings is 1. The zero-order valence-corrected chi connectivity index (χ0v) is 7.11. The third-order valence-corrected chi connectivity index (χ3v) is 2.18. The van der Waals surface area contributed by atoms with Crippen LogP contribution in [0, 0.1) is 5.82 Å². The molecular formula is C9H7F4N. The van der Waals surface area contributed by atoms with Crippen LogP contribution >= 0.6 is 0 Å². The van der Waals surface area contributed by atoms with Crippen molar-refractivity contribution in [2.45, 2.75) is 24.9 Å².